The minimum atomic E-state index is -1.84. The van der Waals surface area contributed by atoms with E-state index in [1.54, 1.807) is 6.26 Å². The number of hydrogen-bond acceptors (Lipinski definition) is 4. The van der Waals surface area contributed by atoms with Gasteiger partial charge in [-0.15, -0.1) is 0 Å². The van der Waals surface area contributed by atoms with E-state index in [0.717, 1.165) is 11.3 Å². The fourth-order valence-corrected chi connectivity index (χ4v) is 2.15. The Hall–Kier alpha value is 0.0300. The summed E-state index contributed by atoms with van der Waals surface area (Å²) in [6.45, 7) is 1.93. The van der Waals surface area contributed by atoms with Crippen molar-refractivity contribution in [2.75, 3.05) is 0 Å². The van der Waals surface area contributed by atoms with Crippen molar-refractivity contribution in [1.82, 2.24) is 15.0 Å². The Labute approximate surface area is 157 Å². The molecule has 22 heavy (non-hydrogen) atoms. The Morgan fingerprint density at radius 2 is 1.45 bits per heavy atom. The Balaban J connectivity index is 2.29. The Kier molecular flexibility index (Phi) is 5.74. The van der Waals surface area contributed by atoms with Crippen LogP contribution in [-0.4, -0.2) is 15.0 Å². The minimum Gasteiger partial charge on any atom is -0.469 e. The number of aromatic nitrogens is 3. The Morgan fingerprint density at radius 3 is 1.86 bits per heavy atom. The molecule has 10 heteroatoms. The van der Waals surface area contributed by atoms with Gasteiger partial charge in [-0.05, 0) is 18.6 Å². The molecule has 0 unspecified atom stereocenters. The van der Waals surface area contributed by atoms with E-state index in [1.807, 2.05) is 13.0 Å². The van der Waals surface area contributed by atoms with E-state index < -0.39 is 7.59 Å². The largest absolute Gasteiger partial charge is 0.469 e. The lowest BCUT2D eigenvalue weighted by molar-refractivity contribution is 0.504. The summed E-state index contributed by atoms with van der Waals surface area (Å²) in [5.41, 5.74) is 1.02. The molecule has 0 bridgehead atoms. The zero-order valence-corrected chi connectivity index (χ0v) is 15.6. The van der Waals surface area contributed by atoms with Gasteiger partial charge >= 0.3 is 0 Å². The van der Waals surface area contributed by atoms with E-state index in [0.29, 0.717) is 18.7 Å². The molecule has 120 valence electrons. The van der Waals surface area contributed by atoms with Crippen LogP contribution in [0.5, 0.6) is 0 Å². The maximum absolute atomic E-state index is 5.80. The number of nitrogens with zero attached hydrogens (tertiary/aromatic N) is 3. The van der Waals surface area contributed by atoms with Gasteiger partial charge in [-0.3, -0.25) is 0 Å². The summed E-state index contributed by atoms with van der Waals surface area (Å²) in [6.07, 6.45) is 2.62. The number of alkyl halides is 6. The fraction of sp³-hybridized carbons (Fsp3) is 0.417. The highest BCUT2D eigenvalue weighted by Gasteiger charge is 2.33. The predicted molar refractivity (Wildman–Crippen MR) is 89.2 cm³/mol. The van der Waals surface area contributed by atoms with Gasteiger partial charge in [-0.1, -0.05) is 69.6 Å². The standard InChI is InChI=1S/C12H9Cl6N3O/c1-6-4-7(22-5-6)2-3-8-19-9(11(13,14)15)21-10(20-8)12(16,17)18/h4-5H,2-3H2,1H3. The molecule has 0 aliphatic heterocycles. The van der Waals surface area contributed by atoms with Gasteiger partial charge in [0.1, 0.15) is 11.6 Å². The van der Waals surface area contributed by atoms with Crippen molar-refractivity contribution < 1.29 is 4.42 Å². The van der Waals surface area contributed by atoms with E-state index in [-0.39, 0.29) is 11.6 Å². The van der Waals surface area contributed by atoms with Gasteiger partial charge in [0.2, 0.25) is 7.59 Å². The van der Waals surface area contributed by atoms with Crippen molar-refractivity contribution in [3.8, 4) is 0 Å². The van der Waals surface area contributed by atoms with Crippen LogP contribution in [0.25, 0.3) is 0 Å². The summed E-state index contributed by atoms with van der Waals surface area (Å²) >= 11 is 34.8. The van der Waals surface area contributed by atoms with Crippen LogP contribution in [-0.2, 0) is 20.4 Å². The third kappa shape index (κ3) is 5.02. The van der Waals surface area contributed by atoms with Crippen molar-refractivity contribution in [3.05, 3.63) is 41.1 Å². The van der Waals surface area contributed by atoms with Crippen molar-refractivity contribution in [2.24, 2.45) is 0 Å². The van der Waals surface area contributed by atoms with E-state index in [1.165, 1.54) is 0 Å². The number of aryl methyl sites for hydroxylation is 3. The average Bonchev–Trinajstić information content (AvgIpc) is 2.80. The van der Waals surface area contributed by atoms with Crippen LogP contribution in [0.2, 0.25) is 0 Å². The molecule has 0 saturated carbocycles. The zero-order valence-electron chi connectivity index (χ0n) is 11.1. The molecule has 0 N–H and O–H groups in total. The molecule has 0 amide bonds. The molecule has 2 heterocycles. The number of hydrogen-bond donors (Lipinski definition) is 0. The van der Waals surface area contributed by atoms with Crippen molar-refractivity contribution in [1.29, 1.82) is 0 Å². The summed E-state index contributed by atoms with van der Waals surface area (Å²) in [7, 11) is 0. The molecule has 4 nitrogen and oxygen atoms in total. The highest BCUT2D eigenvalue weighted by atomic mass is 35.6. The summed E-state index contributed by atoms with van der Waals surface area (Å²) in [5, 5.41) is 0. The molecule has 0 saturated heterocycles. The second kappa shape index (κ2) is 6.88. The van der Waals surface area contributed by atoms with Gasteiger partial charge in [0.25, 0.3) is 0 Å². The fourth-order valence-electron chi connectivity index (χ4n) is 1.64. The molecule has 2 aromatic rings. The van der Waals surface area contributed by atoms with Crippen molar-refractivity contribution in [3.63, 3.8) is 0 Å². The number of halogens is 6. The zero-order chi connectivity index (χ0) is 16.5. The molecule has 0 atom stereocenters. The molecule has 0 fully saturated rings. The molecule has 0 radical (unpaired) electrons. The van der Waals surface area contributed by atoms with Crippen LogP contribution in [0.4, 0.5) is 0 Å². The lowest BCUT2D eigenvalue weighted by Crippen LogP contribution is -2.18. The third-order valence-corrected chi connectivity index (χ3v) is 3.58. The van der Waals surface area contributed by atoms with Gasteiger partial charge in [0, 0.05) is 12.8 Å². The monoisotopic (exact) mass is 421 g/mol. The maximum atomic E-state index is 5.80. The number of furan rings is 1. The van der Waals surface area contributed by atoms with Crippen LogP contribution >= 0.6 is 69.6 Å². The van der Waals surface area contributed by atoms with Crippen LogP contribution in [0.3, 0.4) is 0 Å². The topological polar surface area (TPSA) is 51.8 Å². The first kappa shape index (κ1) is 18.4. The molecule has 2 rings (SSSR count). The normalized spacial score (nSPS) is 12.7. The van der Waals surface area contributed by atoms with Gasteiger partial charge in [0.05, 0.1) is 6.26 Å². The maximum Gasteiger partial charge on any atom is 0.250 e. The first-order valence-electron chi connectivity index (χ1n) is 5.99. The second-order valence-electron chi connectivity index (χ2n) is 4.48. The molecule has 2 aromatic heterocycles. The first-order valence-corrected chi connectivity index (χ1v) is 8.26. The summed E-state index contributed by atoms with van der Waals surface area (Å²) < 4.78 is 1.67. The molecule has 0 aliphatic carbocycles. The smallest absolute Gasteiger partial charge is 0.250 e. The van der Waals surface area contributed by atoms with E-state index in [9.17, 15) is 0 Å². The van der Waals surface area contributed by atoms with E-state index in [2.05, 4.69) is 15.0 Å². The van der Waals surface area contributed by atoms with E-state index in [4.69, 9.17) is 74.0 Å². The van der Waals surface area contributed by atoms with Crippen LogP contribution in [0.15, 0.2) is 16.7 Å². The molecule has 0 aromatic carbocycles. The molecule has 0 spiro atoms. The summed E-state index contributed by atoms with van der Waals surface area (Å²) in [4.78, 5) is 12.1. The SMILES string of the molecule is Cc1coc(CCc2nc(C(Cl)(Cl)Cl)nc(C(Cl)(Cl)Cl)n2)c1. The van der Waals surface area contributed by atoms with Gasteiger partial charge < -0.3 is 4.42 Å². The average molecular weight is 424 g/mol. The van der Waals surface area contributed by atoms with E-state index >= 15 is 0 Å². The van der Waals surface area contributed by atoms with Gasteiger partial charge in [-0.25, -0.2) is 15.0 Å². The van der Waals surface area contributed by atoms with Crippen LogP contribution in [0, 0.1) is 6.92 Å². The minimum absolute atomic E-state index is 0.0977. The van der Waals surface area contributed by atoms with Crippen LogP contribution in [0.1, 0.15) is 28.8 Å². The highest BCUT2D eigenvalue weighted by Crippen LogP contribution is 2.39. The summed E-state index contributed by atoms with van der Waals surface area (Å²) in [5.74, 6) is 0.925. The van der Waals surface area contributed by atoms with Crippen LogP contribution < -0.4 is 0 Å². The van der Waals surface area contributed by atoms with Crippen molar-refractivity contribution >= 4 is 69.6 Å². The number of rotatable bonds is 3. The van der Waals surface area contributed by atoms with Gasteiger partial charge in [0.15, 0.2) is 11.6 Å². The van der Waals surface area contributed by atoms with Crippen molar-refractivity contribution in [2.45, 2.75) is 27.4 Å². The molecular weight excluding hydrogens is 415 g/mol. The highest BCUT2D eigenvalue weighted by molar-refractivity contribution is 6.67. The Morgan fingerprint density at radius 1 is 0.909 bits per heavy atom. The second-order valence-corrected chi connectivity index (χ2v) is 9.05. The first-order chi connectivity index (χ1) is 10.1. The third-order valence-electron chi connectivity index (χ3n) is 2.57. The lowest BCUT2D eigenvalue weighted by Gasteiger charge is -2.15. The Bertz CT molecular complexity index is 629. The molecular formula is C12H9Cl6N3O. The lowest BCUT2D eigenvalue weighted by atomic mass is 10.2. The molecule has 0 aliphatic rings. The van der Waals surface area contributed by atoms with Gasteiger partial charge in [-0.2, -0.15) is 0 Å². The predicted octanol–water partition coefficient (Wildman–Crippen LogP) is 5.21. The summed E-state index contributed by atoms with van der Waals surface area (Å²) in [6, 6.07) is 1.91. The quantitative estimate of drug-likeness (QED) is 0.636.